The van der Waals surface area contributed by atoms with Crippen LogP contribution in [0.2, 0.25) is 0 Å². The zero-order valence-electron chi connectivity index (χ0n) is 22.2. The van der Waals surface area contributed by atoms with E-state index >= 15 is 0 Å². The van der Waals surface area contributed by atoms with Crippen LogP contribution in [0.15, 0.2) is 150 Å². The van der Waals surface area contributed by atoms with Crippen molar-refractivity contribution in [1.82, 2.24) is 9.13 Å². The molecule has 9 aromatic rings. The third kappa shape index (κ3) is 3.20. The van der Waals surface area contributed by atoms with Gasteiger partial charge in [-0.05, 0) is 65.7 Å². The molecule has 0 spiro atoms. The van der Waals surface area contributed by atoms with Crippen molar-refractivity contribution < 1.29 is 4.42 Å². The van der Waals surface area contributed by atoms with E-state index < -0.39 is 0 Å². The van der Waals surface area contributed by atoms with Crippen LogP contribution in [0, 0.1) is 0 Å². The number of fused-ring (bicyclic) bond motifs is 8. The largest absolute Gasteiger partial charge is 0.439 e. The Kier molecular flexibility index (Phi) is 4.61. The second-order valence-electron chi connectivity index (χ2n) is 10.6. The third-order valence-corrected chi connectivity index (χ3v) is 8.32. The van der Waals surface area contributed by atoms with Crippen LogP contribution < -0.4 is 0 Å². The Morgan fingerprint density at radius 1 is 0.390 bits per heavy atom. The molecular weight excluding hydrogens is 500 g/mol. The van der Waals surface area contributed by atoms with Gasteiger partial charge in [-0.25, -0.2) is 0 Å². The summed E-state index contributed by atoms with van der Waals surface area (Å²) in [7, 11) is 0. The number of benzene rings is 6. The maximum absolute atomic E-state index is 6.48. The molecule has 0 aliphatic heterocycles. The molecule has 3 aromatic heterocycles. The van der Waals surface area contributed by atoms with Gasteiger partial charge in [0.2, 0.25) is 5.71 Å². The molecule has 41 heavy (non-hydrogen) atoms. The number of rotatable bonds is 3. The molecule has 0 unspecified atom stereocenters. The highest BCUT2D eigenvalue weighted by Crippen LogP contribution is 2.41. The maximum atomic E-state index is 6.48. The summed E-state index contributed by atoms with van der Waals surface area (Å²) in [6.07, 6.45) is 0. The van der Waals surface area contributed by atoms with Crippen molar-refractivity contribution in [3.63, 3.8) is 0 Å². The molecule has 0 aliphatic rings. The van der Waals surface area contributed by atoms with Gasteiger partial charge < -0.3 is 8.98 Å². The zero-order chi connectivity index (χ0) is 26.9. The summed E-state index contributed by atoms with van der Waals surface area (Å²) in [5, 5.41) is 6.02. The first kappa shape index (κ1) is 22.3. The molecule has 6 aromatic carbocycles. The molecule has 0 aliphatic carbocycles. The van der Waals surface area contributed by atoms with E-state index in [1.165, 1.54) is 38.3 Å². The van der Waals surface area contributed by atoms with Crippen LogP contribution in [-0.4, -0.2) is 9.13 Å². The van der Waals surface area contributed by atoms with Gasteiger partial charge in [0.1, 0.15) is 5.58 Å². The molecule has 0 N–H and O–H groups in total. The second-order valence-corrected chi connectivity index (χ2v) is 10.6. The average Bonchev–Trinajstić information content (AvgIpc) is 3.68. The highest BCUT2D eigenvalue weighted by molar-refractivity contribution is 6.20. The van der Waals surface area contributed by atoms with Crippen LogP contribution in [0.1, 0.15) is 0 Å². The highest BCUT2D eigenvalue weighted by atomic mass is 16.3. The van der Waals surface area contributed by atoms with Gasteiger partial charge in [0.05, 0.1) is 21.9 Å². The molecule has 0 atom stereocenters. The number of furan rings is 1. The quantitative estimate of drug-likeness (QED) is 0.225. The molecule has 0 saturated heterocycles. The molecule has 3 nitrogen and oxygen atoms in total. The van der Waals surface area contributed by atoms with E-state index in [2.05, 4.69) is 143 Å². The first-order chi connectivity index (χ1) is 20.3. The fraction of sp³-hybridized carbons (Fsp3) is 0. The van der Waals surface area contributed by atoms with Gasteiger partial charge in [-0.3, -0.25) is 4.57 Å². The van der Waals surface area contributed by atoms with E-state index in [9.17, 15) is 0 Å². The topological polar surface area (TPSA) is 23.0 Å². The SMILES string of the molecule is c1ccc(-n2c3ccc(-c4cccc(-n5c6ccccc6c6ccccc65)c4)cc3c3c4ccccc4oc32)cc1. The van der Waals surface area contributed by atoms with Crippen molar-refractivity contribution in [2.45, 2.75) is 0 Å². The molecule has 3 heteroatoms. The summed E-state index contributed by atoms with van der Waals surface area (Å²) in [6.45, 7) is 0. The summed E-state index contributed by atoms with van der Waals surface area (Å²) in [6, 6.07) is 51.8. The molecule has 9 rings (SSSR count). The number of para-hydroxylation sites is 4. The summed E-state index contributed by atoms with van der Waals surface area (Å²) in [4.78, 5) is 0. The lowest BCUT2D eigenvalue weighted by atomic mass is 10.0. The van der Waals surface area contributed by atoms with Gasteiger partial charge in [-0.15, -0.1) is 0 Å². The van der Waals surface area contributed by atoms with Crippen LogP contribution >= 0.6 is 0 Å². The monoisotopic (exact) mass is 524 g/mol. The van der Waals surface area contributed by atoms with Gasteiger partial charge in [0.15, 0.2) is 0 Å². The van der Waals surface area contributed by atoms with Crippen molar-refractivity contribution in [2.75, 3.05) is 0 Å². The second kappa shape index (κ2) is 8.48. The Bertz CT molecular complexity index is 2370. The minimum atomic E-state index is 0.878. The predicted molar refractivity (Wildman–Crippen MR) is 170 cm³/mol. The van der Waals surface area contributed by atoms with Crippen molar-refractivity contribution >= 4 is 54.8 Å². The van der Waals surface area contributed by atoms with Gasteiger partial charge in [0.25, 0.3) is 0 Å². The number of nitrogens with zero attached hydrogens (tertiary/aromatic N) is 2. The molecule has 3 heterocycles. The summed E-state index contributed by atoms with van der Waals surface area (Å²) < 4.78 is 11.1. The molecule has 0 saturated carbocycles. The first-order valence-electron chi connectivity index (χ1n) is 14.0. The number of hydrogen-bond donors (Lipinski definition) is 0. The van der Waals surface area contributed by atoms with Crippen molar-refractivity contribution in [3.8, 4) is 22.5 Å². The Labute approximate surface area is 236 Å². The lowest BCUT2D eigenvalue weighted by Gasteiger charge is -2.11. The van der Waals surface area contributed by atoms with E-state index in [0.717, 1.165) is 39.0 Å². The van der Waals surface area contributed by atoms with Crippen LogP contribution in [0.3, 0.4) is 0 Å². The van der Waals surface area contributed by atoms with Crippen molar-refractivity contribution in [3.05, 3.63) is 146 Å². The normalized spacial score (nSPS) is 11.9. The van der Waals surface area contributed by atoms with Crippen molar-refractivity contribution in [1.29, 1.82) is 0 Å². The van der Waals surface area contributed by atoms with Gasteiger partial charge in [-0.2, -0.15) is 0 Å². The van der Waals surface area contributed by atoms with E-state index in [1.54, 1.807) is 0 Å². The smallest absolute Gasteiger partial charge is 0.213 e. The van der Waals surface area contributed by atoms with Crippen LogP contribution in [0.4, 0.5) is 0 Å². The predicted octanol–water partition coefficient (Wildman–Crippen LogP) is 10.3. The zero-order valence-corrected chi connectivity index (χ0v) is 22.2. The van der Waals surface area contributed by atoms with E-state index in [0.29, 0.717) is 0 Å². The number of aromatic nitrogens is 2. The van der Waals surface area contributed by atoms with Crippen LogP contribution in [-0.2, 0) is 0 Å². The Hall–Kier alpha value is -5.54. The first-order valence-corrected chi connectivity index (χ1v) is 14.0. The molecular formula is C38H24N2O. The minimum absolute atomic E-state index is 0.878. The fourth-order valence-corrected chi connectivity index (χ4v) is 6.53. The molecule has 0 fully saturated rings. The lowest BCUT2D eigenvalue weighted by Crippen LogP contribution is -1.94. The van der Waals surface area contributed by atoms with E-state index in [4.69, 9.17) is 4.42 Å². The van der Waals surface area contributed by atoms with E-state index in [-0.39, 0.29) is 0 Å². The summed E-state index contributed by atoms with van der Waals surface area (Å²) >= 11 is 0. The Morgan fingerprint density at radius 2 is 1.00 bits per heavy atom. The summed E-state index contributed by atoms with van der Waals surface area (Å²) in [5.41, 5.74) is 9.95. The van der Waals surface area contributed by atoms with Crippen LogP contribution in [0.5, 0.6) is 0 Å². The van der Waals surface area contributed by atoms with Gasteiger partial charge in [-0.1, -0.05) is 91.0 Å². The van der Waals surface area contributed by atoms with Crippen molar-refractivity contribution in [2.24, 2.45) is 0 Å². The van der Waals surface area contributed by atoms with E-state index in [1.807, 2.05) is 12.1 Å². The Morgan fingerprint density at radius 3 is 1.78 bits per heavy atom. The highest BCUT2D eigenvalue weighted by Gasteiger charge is 2.20. The standard InChI is InChI=1S/C38H24N2O/c1-2-12-27(13-3-1)40-35-22-21-26(24-32(35)37-31-17-6-9-20-36(31)41-38(37)40)25-11-10-14-28(23-25)39-33-18-7-4-15-29(33)30-16-5-8-19-34(30)39/h1-24H. The minimum Gasteiger partial charge on any atom is -0.439 e. The third-order valence-electron chi connectivity index (χ3n) is 8.32. The van der Waals surface area contributed by atoms with Gasteiger partial charge >= 0.3 is 0 Å². The number of hydrogen-bond acceptors (Lipinski definition) is 1. The average molecular weight is 525 g/mol. The lowest BCUT2D eigenvalue weighted by molar-refractivity contribution is 0.645. The summed E-state index contributed by atoms with van der Waals surface area (Å²) in [5.74, 6) is 0. The van der Waals surface area contributed by atoms with Crippen LogP contribution in [0.25, 0.3) is 77.3 Å². The molecule has 0 radical (unpaired) electrons. The molecule has 192 valence electrons. The molecule has 0 bridgehead atoms. The maximum Gasteiger partial charge on any atom is 0.213 e. The fourth-order valence-electron chi connectivity index (χ4n) is 6.53. The van der Waals surface area contributed by atoms with Gasteiger partial charge in [0, 0.05) is 32.9 Å². The Balaban J connectivity index is 1.29. The molecule has 0 amide bonds.